The molecule has 6 nitrogen and oxygen atoms in total. The van der Waals surface area contributed by atoms with Crippen molar-refractivity contribution in [1.29, 1.82) is 0 Å². The molecular weight excluding hydrogens is 330 g/mol. The highest BCUT2D eigenvalue weighted by molar-refractivity contribution is 5.73. The summed E-state index contributed by atoms with van der Waals surface area (Å²) < 4.78 is 5.45. The molecule has 2 aromatic carbocycles. The van der Waals surface area contributed by atoms with E-state index >= 15 is 0 Å². The van der Waals surface area contributed by atoms with Crippen LogP contribution in [0.25, 0.3) is 12.2 Å². The molecule has 0 bridgehead atoms. The van der Waals surface area contributed by atoms with Crippen LogP contribution in [0, 0.1) is 0 Å². The molecule has 0 aromatic heterocycles. The van der Waals surface area contributed by atoms with Gasteiger partial charge in [0.1, 0.15) is 5.75 Å². The molecule has 1 N–H and O–H groups in total. The maximum Gasteiger partial charge on any atom is 0.344 e. The first-order valence-corrected chi connectivity index (χ1v) is 8.34. The Hall–Kier alpha value is -3.15. The van der Waals surface area contributed by atoms with Crippen LogP contribution >= 0.6 is 0 Å². The molecule has 0 saturated carbocycles. The highest BCUT2D eigenvalue weighted by Crippen LogP contribution is 2.18. The second-order valence-corrected chi connectivity index (χ2v) is 5.88. The van der Waals surface area contributed by atoms with Crippen LogP contribution in [0.5, 0.6) is 5.75 Å². The molecule has 1 atom stereocenters. The molecule has 26 heavy (non-hydrogen) atoms. The van der Waals surface area contributed by atoms with Crippen molar-refractivity contribution in [2.75, 3.05) is 14.1 Å². The van der Waals surface area contributed by atoms with Gasteiger partial charge < -0.3 is 9.84 Å². The molecule has 0 aliphatic heterocycles. The summed E-state index contributed by atoms with van der Waals surface area (Å²) >= 11 is 0. The summed E-state index contributed by atoms with van der Waals surface area (Å²) in [4.78, 5) is 11.0. The Morgan fingerprint density at radius 2 is 1.62 bits per heavy atom. The van der Waals surface area contributed by atoms with Crippen LogP contribution in [0.2, 0.25) is 0 Å². The Bertz CT molecular complexity index is 766. The molecule has 0 spiro atoms. The van der Waals surface area contributed by atoms with E-state index in [9.17, 15) is 4.79 Å². The maximum atomic E-state index is 11.0. The smallest absolute Gasteiger partial charge is 0.344 e. The minimum atomic E-state index is -0.954. The summed E-state index contributed by atoms with van der Waals surface area (Å²) in [6, 6.07) is 15.1. The SMILES string of the molecule is CCC(Oc1ccc(/C=C\c2ccc(N=NN(C)C)cc2)cc1)C(=O)O. The van der Waals surface area contributed by atoms with E-state index < -0.39 is 12.1 Å². The number of hydrogen-bond donors (Lipinski definition) is 1. The Kier molecular flexibility index (Phi) is 6.91. The molecule has 136 valence electrons. The Balaban J connectivity index is 1.98. The normalized spacial score (nSPS) is 12.4. The highest BCUT2D eigenvalue weighted by Gasteiger charge is 2.16. The van der Waals surface area contributed by atoms with Gasteiger partial charge in [0, 0.05) is 14.1 Å². The predicted octanol–water partition coefficient (Wildman–Crippen LogP) is 4.66. The quantitative estimate of drug-likeness (QED) is 0.425. The van der Waals surface area contributed by atoms with E-state index in [2.05, 4.69) is 10.3 Å². The number of rotatable bonds is 8. The zero-order chi connectivity index (χ0) is 18.9. The zero-order valence-electron chi connectivity index (χ0n) is 15.2. The monoisotopic (exact) mass is 353 g/mol. The number of carboxylic acids is 1. The molecule has 0 aliphatic rings. The van der Waals surface area contributed by atoms with Crippen molar-refractivity contribution in [1.82, 2.24) is 5.01 Å². The van der Waals surface area contributed by atoms with Crippen LogP contribution in [-0.4, -0.2) is 36.3 Å². The molecule has 0 heterocycles. The second kappa shape index (κ2) is 9.36. The molecule has 0 amide bonds. The first-order chi connectivity index (χ1) is 12.5. The Labute approximate surface area is 153 Å². The van der Waals surface area contributed by atoms with Crippen LogP contribution in [0.3, 0.4) is 0 Å². The van der Waals surface area contributed by atoms with E-state index in [0.29, 0.717) is 12.2 Å². The fourth-order valence-corrected chi connectivity index (χ4v) is 2.12. The number of carboxylic acid groups (broad SMARTS) is 1. The number of ether oxygens (including phenoxy) is 1. The summed E-state index contributed by atoms with van der Waals surface area (Å²) in [7, 11) is 3.64. The topological polar surface area (TPSA) is 74.5 Å². The summed E-state index contributed by atoms with van der Waals surface area (Å²) in [6.07, 6.45) is 3.57. The van der Waals surface area contributed by atoms with Crippen molar-refractivity contribution in [2.45, 2.75) is 19.4 Å². The van der Waals surface area contributed by atoms with E-state index in [4.69, 9.17) is 9.84 Å². The van der Waals surface area contributed by atoms with Gasteiger partial charge in [-0.05, 0) is 41.8 Å². The maximum absolute atomic E-state index is 11.0. The third kappa shape index (κ3) is 6.05. The minimum Gasteiger partial charge on any atom is -0.479 e. The molecule has 0 fully saturated rings. The minimum absolute atomic E-state index is 0.418. The molecule has 0 saturated heterocycles. The van der Waals surface area contributed by atoms with Gasteiger partial charge in [0.2, 0.25) is 0 Å². The Morgan fingerprint density at radius 1 is 1.08 bits per heavy atom. The molecule has 6 heteroatoms. The van der Waals surface area contributed by atoms with Gasteiger partial charge in [0.15, 0.2) is 6.10 Å². The van der Waals surface area contributed by atoms with Crippen LogP contribution < -0.4 is 4.74 Å². The van der Waals surface area contributed by atoms with Crippen LogP contribution in [-0.2, 0) is 4.79 Å². The van der Waals surface area contributed by atoms with Crippen LogP contribution in [0.4, 0.5) is 5.69 Å². The van der Waals surface area contributed by atoms with E-state index in [1.165, 1.54) is 0 Å². The molecular formula is C20H23N3O3. The number of hydrogen-bond acceptors (Lipinski definition) is 4. The fourth-order valence-electron chi connectivity index (χ4n) is 2.12. The van der Waals surface area contributed by atoms with E-state index in [1.807, 2.05) is 62.6 Å². The van der Waals surface area contributed by atoms with Gasteiger partial charge >= 0.3 is 5.97 Å². The lowest BCUT2D eigenvalue weighted by molar-refractivity contribution is -0.145. The summed E-state index contributed by atoms with van der Waals surface area (Å²) in [5.41, 5.74) is 2.84. The Morgan fingerprint density at radius 3 is 2.08 bits per heavy atom. The van der Waals surface area contributed by atoms with Crippen molar-refractivity contribution in [2.24, 2.45) is 10.3 Å². The van der Waals surface area contributed by atoms with Gasteiger partial charge in [-0.25, -0.2) is 4.79 Å². The van der Waals surface area contributed by atoms with Crippen molar-refractivity contribution >= 4 is 23.8 Å². The van der Waals surface area contributed by atoms with Gasteiger partial charge in [-0.3, -0.25) is 5.01 Å². The van der Waals surface area contributed by atoms with Crippen molar-refractivity contribution in [3.05, 3.63) is 59.7 Å². The molecule has 1 unspecified atom stereocenters. The van der Waals surface area contributed by atoms with Gasteiger partial charge in [-0.2, -0.15) is 0 Å². The van der Waals surface area contributed by atoms with E-state index in [1.54, 1.807) is 24.1 Å². The lowest BCUT2D eigenvalue weighted by Crippen LogP contribution is -2.25. The first-order valence-electron chi connectivity index (χ1n) is 8.34. The van der Waals surface area contributed by atoms with Crippen LogP contribution in [0.1, 0.15) is 24.5 Å². The number of benzene rings is 2. The summed E-state index contributed by atoms with van der Waals surface area (Å²) in [6.45, 7) is 1.78. The van der Waals surface area contributed by atoms with Gasteiger partial charge in [-0.15, -0.1) is 5.11 Å². The molecule has 0 aliphatic carbocycles. The van der Waals surface area contributed by atoms with E-state index in [-0.39, 0.29) is 0 Å². The molecule has 0 radical (unpaired) electrons. The highest BCUT2D eigenvalue weighted by atomic mass is 16.5. The van der Waals surface area contributed by atoms with Crippen molar-refractivity contribution in [3.63, 3.8) is 0 Å². The zero-order valence-corrected chi connectivity index (χ0v) is 15.2. The lowest BCUT2D eigenvalue weighted by atomic mass is 10.1. The fraction of sp³-hybridized carbons (Fsp3) is 0.250. The molecule has 2 rings (SSSR count). The summed E-state index contributed by atoms with van der Waals surface area (Å²) in [5.74, 6) is -0.406. The first kappa shape index (κ1) is 19.2. The van der Waals surface area contributed by atoms with Gasteiger partial charge in [0.25, 0.3) is 0 Å². The lowest BCUT2D eigenvalue weighted by Gasteiger charge is -2.12. The van der Waals surface area contributed by atoms with E-state index in [0.717, 1.165) is 16.8 Å². The standard InChI is InChI=1S/C20H23N3O3/c1-4-19(20(24)25)26-18-13-9-16(10-14-18)6-5-15-7-11-17(12-8-15)21-22-23(2)3/h5-14,19H,4H2,1-3H3,(H,24,25)/b6-5-,22-21?. The van der Waals surface area contributed by atoms with Crippen molar-refractivity contribution in [3.8, 4) is 5.75 Å². The third-order valence-corrected chi connectivity index (χ3v) is 3.51. The third-order valence-electron chi connectivity index (χ3n) is 3.51. The predicted molar refractivity (Wildman–Crippen MR) is 102 cm³/mol. The summed E-state index contributed by atoms with van der Waals surface area (Å²) in [5, 5.41) is 18.7. The van der Waals surface area contributed by atoms with Gasteiger partial charge in [-0.1, -0.05) is 48.6 Å². The van der Waals surface area contributed by atoms with Crippen molar-refractivity contribution < 1.29 is 14.6 Å². The number of carbonyl (C=O) groups is 1. The number of nitrogens with zero attached hydrogens (tertiary/aromatic N) is 3. The van der Waals surface area contributed by atoms with Crippen LogP contribution in [0.15, 0.2) is 58.9 Å². The molecule has 2 aromatic rings. The van der Waals surface area contributed by atoms with Gasteiger partial charge in [0.05, 0.1) is 5.69 Å². The largest absolute Gasteiger partial charge is 0.479 e. The second-order valence-electron chi connectivity index (χ2n) is 5.88. The average Bonchev–Trinajstić information content (AvgIpc) is 2.64. The number of aliphatic carboxylic acids is 1. The average molecular weight is 353 g/mol.